The van der Waals surface area contributed by atoms with Crippen LogP contribution in [0.2, 0.25) is 0 Å². The van der Waals surface area contributed by atoms with E-state index in [-0.39, 0.29) is 12.5 Å². The van der Waals surface area contributed by atoms with Crippen molar-refractivity contribution in [1.29, 1.82) is 0 Å². The Kier molecular flexibility index (Phi) is 7.16. The molecule has 3 aromatic rings. The molecule has 156 valence electrons. The lowest BCUT2D eigenvalue weighted by Crippen LogP contribution is -2.20. The highest BCUT2D eigenvalue weighted by Gasteiger charge is 2.10. The van der Waals surface area contributed by atoms with Crippen molar-refractivity contribution < 1.29 is 19.0 Å². The number of para-hydroxylation sites is 1. The summed E-state index contributed by atoms with van der Waals surface area (Å²) >= 11 is 0. The number of anilines is 2. The summed E-state index contributed by atoms with van der Waals surface area (Å²) in [6, 6.07) is 21.0. The van der Waals surface area contributed by atoms with Crippen molar-refractivity contribution in [1.82, 2.24) is 0 Å². The van der Waals surface area contributed by atoms with Crippen LogP contribution < -0.4 is 24.8 Å². The highest BCUT2D eigenvalue weighted by Crippen LogP contribution is 2.28. The van der Waals surface area contributed by atoms with Gasteiger partial charge in [-0.25, -0.2) is 0 Å². The number of carbonyl (C=O) groups excluding carboxylic acids is 1. The van der Waals surface area contributed by atoms with Crippen molar-refractivity contribution >= 4 is 17.3 Å². The van der Waals surface area contributed by atoms with Gasteiger partial charge in [-0.1, -0.05) is 24.3 Å². The number of benzene rings is 3. The molecule has 0 unspecified atom stereocenters. The molecule has 0 fully saturated rings. The van der Waals surface area contributed by atoms with Gasteiger partial charge in [0.2, 0.25) is 0 Å². The molecule has 1 amide bonds. The molecular formula is C24H26N2O4. The molecule has 0 aliphatic rings. The van der Waals surface area contributed by atoms with Crippen LogP contribution in [0.4, 0.5) is 11.4 Å². The summed E-state index contributed by atoms with van der Waals surface area (Å²) in [6.45, 7) is 2.46. The van der Waals surface area contributed by atoms with E-state index >= 15 is 0 Å². The van der Waals surface area contributed by atoms with Gasteiger partial charge in [0.25, 0.3) is 5.91 Å². The van der Waals surface area contributed by atoms with Crippen molar-refractivity contribution in [3.8, 4) is 17.2 Å². The quantitative estimate of drug-likeness (QED) is 0.542. The number of nitrogens with one attached hydrogen (secondary N) is 2. The van der Waals surface area contributed by atoms with E-state index in [0.717, 1.165) is 28.3 Å². The molecule has 0 aromatic heterocycles. The molecule has 30 heavy (non-hydrogen) atoms. The predicted molar refractivity (Wildman–Crippen MR) is 119 cm³/mol. The van der Waals surface area contributed by atoms with Crippen LogP contribution in [-0.4, -0.2) is 26.7 Å². The van der Waals surface area contributed by atoms with E-state index in [0.29, 0.717) is 18.0 Å². The number of ether oxygens (including phenoxy) is 3. The summed E-state index contributed by atoms with van der Waals surface area (Å²) in [5.41, 5.74) is 3.79. The summed E-state index contributed by atoms with van der Waals surface area (Å²) in [4.78, 5) is 12.2. The predicted octanol–water partition coefficient (Wildman–Crippen LogP) is 4.64. The largest absolute Gasteiger partial charge is 0.497 e. The van der Waals surface area contributed by atoms with Gasteiger partial charge in [0.15, 0.2) is 18.1 Å². The van der Waals surface area contributed by atoms with E-state index in [1.807, 2.05) is 73.7 Å². The van der Waals surface area contributed by atoms with Crippen LogP contribution in [-0.2, 0) is 11.3 Å². The lowest BCUT2D eigenvalue weighted by atomic mass is 10.2. The summed E-state index contributed by atoms with van der Waals surface area (Å²) in [6.07, 6.45) is 0. The Morgan fingerprint density at radius 3 is 2.37 bits per heavy atom. The van der Waals surface area contributed by atoms with Gasteiger partial charge in [-0.3, -0.25) is 4.79 Å². The van der Waals surface area contributed by atoms with Gasteiger partial charge in [0, 0.05) is 17.9 Å². The van der Waals surface area contributed by atoms with Crippen molar-refractivity contribution in [2.45, 2.75) is 13.5 Å². The fraction of sp³-hybridized carbons (Fsp3) is 0.208. The van der Waals surface area contributed by atoms with E-state index in [4.69, 9.17) is 14.2 Å². The van der Waals surface area contributed by atoms with Crippen LogP contribution in [0.5, 0.6) is 17.2 Å². The molecule has 0 saturated carbocycles. The van der Waals surface area contributed by atoms with Crippen molar-refractivity contribution in [3.05, 3.63) is 77.9 Å². The Morgan fingerprint density at radius 2 is 1.67 bits per heavy atom. The van der Waals surface area contributed by atoms with Gasteiger partial charge in [-0.2, -0.15) is 0 Å². The van der Waals surface area contributed by atoms with Gasteiger partial charge >= 0.3 is 0 Å². The normalized spacial score (nSPS) is 10.2. The van der Waals surface area contributed by atoms with Crippen LogP contribution in [0.3, 0.4) is 0 Å². The number of aryl methyl sites for hydroxylation is 1. The molecule has 0 aliphatic carbocycles. The minimum Gasteiger partial charge on any atom is -0.497 e. The van der Waals surface area contributed by atoms with Gasteiger partial charge in [0.1, 0.15) is 5.75 Å². The van der Waals surface area contributed by atoms with Crippen LogP contribution >= 0.6 is 0 Å². The number of hydrogen-bond donors (Lipinski definition) is 2. The Bertz CT molecular complexity index is 987. The molecule has 3 rings (SSSR count). The molecule has 0 saturated heterocycles. The number of hydrogen-bond acceptors (Lipinski definition) is 5. The monoisotopic (exact) mass is 406 g/mol. The highest BCUT2D eigenvalue weighted by atomic mass is 16.5. The van der Waals surface area contributed by atoms with Gasteiger partial charge in [-0.15, -0.1) is 0 Å². The lowest BCUT2D eigenvalue weighted by molar-refractivity contribution is -0.118. The first kappa shape index (κ1) is 21.0. The van der Waals surface area contributed by atoms with Crippen LogP contribution in [0, 0.1) is 6.92 Å². The Morgan fingerprint density at radius 1 is 0.900 bits per heavy atom. The van der Waals surface area contributed by atoms with Crippen LogP contribution in [0.25, 0.3) is 0 Å². The Labute approximate surface area is 176 Å². The molecule has 6 nitrogen and oxygen atoms in total. The van der Waals surface area contributed by atoms with E-state index in [1.54, 1.807) is 14.2 Å². The zero-order chi connectivity index (χ0) is 21.3. The van der Waals surface area contributed by atoms with Gasteiger partial charge in [-0.05, 0) is 60.5 Å². The molecule has 0 spiro atoms. The van der Waals surface area contributed by atoms with Gasteiger partial charge in [0.05, 0.1) is 14.2 Å². The SMILES string of the molecule is COc1ccc(NCc2ccc(OCC(=O)Nc3ccccc3C)c(OC)c2)cc1. The fourth-order valence-corrected chi connectivity index (χ4v) is 2.90. The smallest absolute Gasteiger partial charge is 0.262 e. The number of rotatable bonds is 9. The first-order valence-corrected chi connectivity index (χ1v) is 9.62. The van der Waals surface area contributed by atoms with Crippen LogP contribution in [0.15, 0.2) is 66.7 Å². The standard InChI is InChI=1S/C24H26N2O4/c1-17-6-4-5-7-21(17)26-24(27)16-30-22-13-8-18(14-23(22)29-3)15-25-19-9-11-20(28-2)12-10-19/h4-14,25H,15-16H2,1-3H3,(H,26,27). The van der Waals surface area contributed by atoms with Crippen molar-refractivity contribution in [2.75, 3.05) is 31.5 Å². The van der Waals surface area contributed by atoms with Gasteiger partial charge < -0.3 is 24.8 Å². The third kappa shape index (κ3) is 5.67. The van der Waals surface area contributed by atoms with E-state index in [9.17, 15) is 4.79 Å². The lowest BCUT2D eigenvalue weighted by Gasteiger charge is -2.14. The first-order chi connectivity index (χ1) is 14.6. The molecule has 0 atom stereocenters. The number of carbonyl (C=O) groups is 1. The minimum atomic E-state index is -0.225. The second kappa shape index (κ2) is 10.2. The fourth-order valence-electron chi connectivity index (χ4n) is 2.90. The van der Waals surface area contributed by atoms with Crippen molar-refractivity contribution in [3.63, 3.8) is 0 Å². The second-order valence-corrected chi connectivity index (χ2v) is 6.72. The average molecular weight is 406 g/mol. The van der Waals surface area contributed by atoms with E-state index in [1.165, 1.54) is 0 Å². The van der Waals surface area contributed by atoms with Crippen molar-refractivity contribution in [2.24, 2.45) is 0 Å². The number of amides is 1. The molecule has 2 N–H and O–H groups in total. The molecule has 6 heteroatoms. The zero-order valence-electron chi connectivity index (χ0n) is 17.4. The second-order valence-electron chi connectivity index (χ2n) is 6.72. The Balaban J connectivity index is 1.56. The summed E-state index contributed by atoms with van der Waals surface area (Å²) in [7, 11) is 3.22. The first-order valence-electron chi connectivity index (χ1n) is 9.62. The van der Waals surface area contributed by atoms with E-state index < -0.39 is 0 Å². The molecule has 0 aliphatic heterocycles. The molecular weight excluding hydrogens is 380 g/mol. The highest BCUT2D eigenvalue weighted by molar-refractivity contribution is 5.92. The molecule has 0 bridgehead atoms. The Hall–Kier alpha value is -3.67. The number of methoxy groups -OCH3 is 2. The average Bonchev–Trinajstić information content (AvgIpc) is 2.78. The molecule has 0 heterocycles. The topological polar surface area (TPSA) is 68.8 Å². The zero-order valence-corrected chi connectivity index (χ0v) is 17.4. The van der Waals surface area contributed by atoms with Crippen LogP contribution in [0.1, 0.15) is 11.1 Å². The summed E-state index contributed by atoms with van der Waals surface area (Å²) in [5, 5.41) is 6.20. The van der Waals surface area contributed by atoms with E-state index in [2.05, 4.69) is 10.6 Å². The summed E-state index contributed by atoms with van der Waals surface area (Å²) in [5.74, 6) is 1.69. The maximum absolute atomic E-state index is 12.2. The minimum absolute atomic E-state index is 0.103. The molecule has 0 radical (unpaired) electrons. The molecule has 3 aromatic carbocycles. The maximum Gasteiger partial charge on any atom is 0.262 e. The maximum atomic E-state index is 12.2. The third-order valence-electron chi connectivity index (χ3n) is 4.59. The summed E-state index contributed by atoms with van der Waals surface area (Å²) < 4.78 is 16.3. The third-order valence-corrected chi connectivity index (χ3v) is 4.59.